The first kappa shape index (κ1) is 19.0. The number of piperidine rings is 1. The van der Waals surface area contributed by atoms with Crippen LogP contribution in [0, 0.1) is 0 Å². The highest BCUT2D eigenvalue weighted by molar-refractivity contribution is 5.94. The summed E-state index contributed by atoms with van der Waals surface area (Å²) in [6.07, 6.45) is 3.93. The normalized spacial score (nSPS) is 16.2. The molecule has 0 saturated carbocycles. The molecule has 0 radical (unpaired) electrons. The van der Waals surface area contributed by atoms with Gasteiger partial charge in [0.15, 0.2) is 0 Å². The lowest BCUT2D eigenvalue weighted by Crippen LogP contribution is -2.42. The highest BCUT2D eigenvalue weighted by atomic mass is 16.6. The fourth-order valence-corrected chi connectivity index (χ4v) is 2.69. The molecule has 1 aromatic rings. The van der Waals surface area contributed by atoms with Crippen molar-refractivity contribution in [3.05, 3.63) is 23.9 Å². The van der Waals surface area contributed by atoms with Crippen LogP contribution in [0.25, 0.3) is 0 Å². The van der Waals surface area contributed by atoms with Gasteiger partial charge < -0.3 is 20.3 Å². The molecular formula is C18H28N4O3. The Morgan fingerprint density at radius 2 is 2.08 bits per heavy atom. The molecule has 2 amide bonds. The van der Waals surface area contributed by atoms with E-state index in [1.165, 1.54) is 0 Å². The Labute approximate surface area is 149 Å². The molecule has 0 spiro atoms. The van der Waals surface area contributed by atoms with E-state index in [0.29, 0.717) is 31.1 Å². The molecule has 2 rings (SSSR count). The molecule has 0 bridgehead atoms. The summed E-state index contributed by atoms with van der Waals surface area (Å²) in [6, 6.07) is 3.86. The highest BCUT2D eigenvalue weighted by Gasteiger charge is 2.23. The lowest BCUT2D eigenvalue weighted by Gasteiger charge is -2.31. The van der Waals surface area contributed by atoms with E-state index in [4.69, 9.17) is 4.74 Å². The van der Waals surface area contributed by atoms with Gasteiger partial charge in [-0.05, 0) is 45.2 Å². The van der Waals surface area contributed by atoms with Crippen LogP contribution in [-0.4, -0.2) is 53.7 Å². The van der Waals surface area contributed by atoms with Gasteiger partial charge in [-0.2, -0.15) is 0 Å². The fraction of sp³-hybridized carbons (Fsp3) is 0.611. The second-order valence-electron chi connectivity index (χ2n) is 6.32. The average Bonchev–Trinajstić information content (AvgIpc) is 2.62. The first-order valence-electron chi connectivity index (χ1n) is 8.98. The molecule has 0 aromatic carbocycles. The monoisotopic (exact) mass is 348 g/mol. The van der Waals surface area contributed by atoms with Gasteiger partial charge in [-0.15, -0.1) is 0 Å². The van der Waals surface area contributed by atoms with Crippen molar-refractivity contribution in [1.82, 2.24) is 15.2 Å². The number of nitrogens with one attached hydrogen (secondary N) is 2. The lowest BCUT2D eigenvalue weighted by atomic mass is 10.1. The molecule has 1 aromatic heterocycles. The van der Waals surface area contributed by atoms with Gasteiger partial charge in [-0.1, -0.05) is 6.92 Å². The Bertz CT molecular complexity index is 585. The van der Waals surface area contributed by atoms with E-state index in [1.54, 1.807) is 23.2 Å². The molecule has 0 aliphatic carbocycles. The summed E-state index contributed by atoms with van der Waals surface area (Å²) < 4.78 is 5.03. The summed E-state index contributed by atoms with van der Waals surface area (Å²) >= 11 is 0. The Morgan fingerprint density at radius 1 is 1.36 bits per heavy atom. The van der Waals surface area contributed by atoms with E-state index in [1.807, 2.05) is 20.8 Å². The molecule has 1 atom stereocenters. The van der Waals surface area contributed by atoms with Crippen LogP contribution in [0.2, 0.25) is 0 Å². The second kappa shape index (κ2) is 9.25. The minimum atomic E-state index is -0.247. The third-order valence-electron chi connectivity index (χ3n) is 4.38. The van der Waals surface area contributed by atoms with Gasteiger partial charge in [0.05, 0.1) is 6.61 Å². The van der Waals surface area contributed by atoms with Crippen molar-refractivity contribution in [2.24, 2.45) is 0 Å². The molecule has 1 fully saturated rings. The Morgan fingerprint density at radius 3 is 2.72 bits per heavy atom. The van der Waals surface area contributed by atoms with Crippen molar-refractivity contribution in [2.45, 2.75) is 52.1 Å². The van der Waals surface area contributed by atoms with Gasteiger partial charge in [0.2, 0.25) is 0 Å². The number of carbonyl (C=O) groups is 2. The SMILES string of the molecule is CCOC(=O)N1CCC(Nc2cc(C(=O)NC(C)CC)ccn2)CC1. The van der Waals surface area contributed by atoms with Crippen molar-refractivity contribution in [3.63, 3.8) is 0 Å². The number of likely N-dealkylation sites (tertiary alicyclic amines) is 1. The second-order valence-corrected chi connectivity index (χ2v) is 6.32. The molecule has 1 saturated heterocycles. The minimum absolute atomic E-state index is 0.0862. The third-order valence-corrected chi connectivity index (χ3v) is 4.38. The van der Waals surface area contributed by atoms with Gasteiger partial charge >= 0.3 is 6.09 Å². The summed E-state index contributed by atoms with van der Waals surface area (Å²) in [6.45, 7) is 7.53. The average molecular weight is 348 g/mol. The number of carbonyl (C=O) groups excluding carboxylic acids is 2. The van der Waals surface area contributed by atoms with Crippen LogP contribution < -0.4 is 10.6 Å². The maximum atomic E-state index is 12.2. The number of aromatic nitrogens is 1. The largest absolute Gasteiger partial charge is 0.450 e. The van der Waals surface area contributed by atoms with Crippen molar-refractivity contribution in [3.8, 4) is 0 Å². The maximum absolute atomic E-state index is 12.2. The third kappa shape index (κ3) is 5.62. The number of pyridine rings is 1. The van der Waals surface area contributed by atoms with Crippen LogP contribution in [0.4, 0.5) is 10.6 Å². The van der Waals surface area contributed by atoms with Crippen LogP contribution in [0.3, 0.4) is 0 Å². The topological polar surface area (TPSA) is 83.6 Å². The minimum Gasteiger partial charge on any atom is -0.450 e. The molecule has 1 aliphatic rings. The van der Waals surface area contributed by atoms with Crippen molar-refractivity contribution in [1.29, 1.82) is 0 Å². The predicted molar refractivity (Wildman–Crippen MR) is 96.7 cm³/mol. The summed E-state index contributed by atoms with van der Waals surface area (Å²) in [5.41, 5.74) is 0.599. The Hall–Kier alpha value is -2.31. The first-order valence-corrected chi connectivity index (χ1v) is 8.98. The molecule has 138 valence electrons. The van der Waals surface area contributed by atoms with Gasteiger partial charge in [0, 0.05) is 36.9 Å². The highest BCUT2D eigenvalue weighted by Crippen LogP contribution is 2.17. The van der Waals surface area contributed by atoms with Crippen LogP contribution in [0.15, 0.2) is 18.3 Å². The van der Waals surface area contributed by atoms with Crippen molar-refractivity contribution in [2.75, 3.05) is 25.0 Å². The molecule has 2 N–H and O–H groups in total. The van der Waals surface area contributed by atoms with Gasteiger partial charge in [-0.3, -0.25) is 4.79 Å². The number of hydrogen-bond acceptors (Lipinski definition) is 5. The molecule has 2 heterocycles. The van der Waals surface area contributed by atoms with E-state index in [9.17, 15) is 9.59 Å². The predicted octanol–water partition coefficient (Wildman–Crippen LogP) is 2.64. The zero-order chi connectivity index (χ0) is 18.2. The smallest absolute Gasteiger partial charge is 0.409 e. The van der Waals surface area contributed by atoms with Crippen molar-refractivity contribution < 1.29 is 14.3 Å². The molecule has 7 nitrogen and oxygen atoms in total. The van der Waals surface area contributed by atoms with Crippen LogP contribution >= 0.6 is 0 Å². The number of hydrogen-bond donors (Lipinski definition) is 2. The zero-order valence-electron chi connectivity index (χ0n) is 15.2. The number of nitrogens with zero attached hydrogens (tertiary/aromatic N) is 2. The Balaban J connectivity index is 1.88. The molecule has 7 heteroatoms. The fourth-order valence-electron chi connectivity index (χ4n) is 2.69. The van der Waals surface area contributed by atoms with Gasteiger partial charge in [0.1, 0.15) is 5.82 Å². The summed E-state index contributed by atoms with van der Waals surface area (Å²) in [5.74, 6) is 0.600. The van der Waals surface area contributed by atoms with Crippen LogP contribution in [-0.2, 0) is 4.74 Å². The number of amides is 2. The summed E-state index contributed by atoms with van der Waals surface area (Å²) in [7, 11) is 0. The maximum Gasteiger partial charge on any atom is 0.409 e. The van der Waals surface area contributed by atoms with Crippen LogP contribution in [0.5, 0.6) is 0 Å². The summed E-state index contributed by atoms with van der Waals surface area (Å²) in [5, 5.41) is 6.32. The molecular weight excluding hydrogens is 320 g/mol. The quantitative estimate of drug-likeness (QED) is 0.826. The first-order chi connectivity index (χ1) is 12.0. The van der Waals surface area contributed by atoms with E-state index < -0.39 is 0 Å². The van der Waals surface area contributed by atoms with E-state index in [-0.39, 0.29) is 24.1 Å². The van der Waals surface area contributed by atoms with E-state index in [2.05, 4.69) is 15.6 Å². The lowest BCUT2D eigenvalue weighted by molar-refractivity contribution is 0.0937. The molecule has 25 heavy (non-hydrogen) atoms. The number of anilines is 1. The molecule has 1 unspecified atom stereocenters. The number of ether oxygens (including phenoxy) is 1. The Kier molecular flexibility index (Phi) is 7.03. The standard InChI is InChI=1S/C18H28N4O3/c1-4-13(3)20-17(23)14-6-9-19-16(12-14)21-15-7-10-22(11-8-15)18(24)25-5-2/h6,9,12-13,15H,4-5,7-8,10-11H2,1-3H3,(H,19,21)(H,20,23). The van der Waals surface area contributed by atoms with E-state index >= 15 is 0 Å². The summed E-state index contributed by atoms with van der Waals surface area (Å²) in [4.78, 5) is 30.0. The van der Waals surface area contributed by atoms with Crippen LogP contribution in [0.1, 0.15) is 50.4 Å². The number of rotatable bonds is 6. The zero-order valence-corrected chi connectivity index (χ0v) is 15.2. The van der Waals surface area contributed by atoms with E-state index in [0.717, 1.165) is 19.3 Å². The van der Waals surface area contributed by atoms with Gasteiger partial charge in [-0.25, -0.2) is 9.78 Å². The van der Waals surface area contributed by atoms with Gasteiger partial charge in [0.25, 0.3) is 5.91 Å². The van der Waals surface area contributed by atoms with Crippen molar-refractivity contribution >= 4 is 17.8 Å². The molecule has 1 aliphatic heterocycles.